The van der Waals surface area contributed by atoms with Gasteiger partial charge in [-0.1, -0.05) is 0 Å². The molecule has 2 fully saturated rings. The number of amides is 2. The molecule has 0 aromatic carbocycles. The Labute approximate surface area is 130 Å². The molecule has 2 aliphatic rings. The van der Waals surface area contributed by atoms with E-state index in [0.717, 1.165) is 6.42 Å². The van der Waals surface area contributed by atoms with Crippen LogP contribution < -0.4 is 11.1 Å². The monoisotopic (exact) mass is 337 g/mol. The van der Waals surface area contributed by atoms with Crippen LogP contribution in [-0.2, 0) is 19.1 Å². The summed E-state index contributed by atoms with van der Waals surface area (Å²) < 4.78 is 41.5. The van der Waals surface area contributed by atoms with Gasteiger partial charge in [0.25, 0.3) is 5.91 Å². The van der Waals surface area contributed by atoms with Crippen LogP contribution in [0, 0.1) is 5.92 Å². The molecule has 3 N–H and O–H groups in total. The van der Waals surface area contributed by atoms with Crippen molar-refractivity contribution in [2.24, 2.45) is 11.7 Å². The molecule has 130 valence electrons. The van der Waals surface area contributed by atoms with Gasteiger partial charge in [-0.3, -0.25) is 9.59 Å². The van der Waals surface area contributed by atoms with E-state index in [2.05, 4.69) is 10.1 Å². The predicted molar refractivity (Wildman–Crippen MR) is 70.8 cm³/mol. The zero-order chi connectivity index (χ0) is 17.2. The molecular formula is C13H18F3N3O4. The molecule has 2 saturated heterocycles. The van der Waals surface area contributed by atoms with Crippen molar-refractivity contribution in [2.45, 2.75) is 37.6 Å². The van der Waals surface area contributed by atoms with Gasteiger partial charge in [0.15, 0.2) is 6.10 Å². The lowest BCUT2D eigenvalue weighted by Gasteiger charge is -2.35. The zero-order valence-corrected chi connectivity index (χ0v) is 12.3. The molecule has 2 rings (SSSR count). The number of alkyl halides is 3. The number of nitrogens with two attached hydrogens (primary N) is 1. The van der Waals surface area contributed by atoms with E-state index in [0.29, 0.717) is 26.1 Å². The molecule has 23 heavy (non-hydrogen) atoms. The number of rotatable bonds is 5. The first-order chi connectivity index (χ1) is 10.7. The molecule has 0 aromatic heterocycles. The fourth-order valence-corrected chi connectivity index (χ4v) is 2.54. The molecule has 1 unspecified atom stereocenters. The maximum atomic E-state index is 12.4. The second-order valence-corrected chi connectivity index (χ2v) is 5.68. The first kappa shape index (κ1) is 17.5. The molecule has 0 aliphatic carbocycles. The zero-order valence-electron chi connectivity index (χ0n) is 12.3. The number of hydrogen-bond donors (Lipinski definition) is 2. The Morgan fingerprint density at radius 3 is 2.48 bits per heavy atom. The topological polar surface area (TPSA) is 102 Å². The van der Waals surface area contributed by atoms with Crippen LogP contribution in [0.5, 0.6) is 0 Å². The highest BCUT2D eigenvalue weighted by atomic mass is 19.4. The minimum absolute atomic E-state index is 0.0266. The number of likely N-dealkylation sites (tertiary alicyclic amines) is 1. The van der Waals surface area contributed by atoms with Crippen LogP contribution in [-0.4, -0.2) is 60.6 Å². The van der Waals surface area contributed by atoms with Crippen molar-refractivity contribution in [1.82, 2.24) is 10.2 Å². The molecule has 0 spiro atoms. The number of halogens is 3. The second-order valence-electron chi connectivity index (χ2n) is 5.68. The number of nitrogens with one attached hydrogen (secondary N) is 1. The van der Waals surface area contributed by atoms with E-state index in [1.807, 2.05) is 0 Å². The van der Waals surface area contributed by atoms with Crippen LogP contribution in [0.4, 0.5) is 13.2 Å². The predicted octanol–water partition coefficient (Wildman–Crippen LogP) is -0.454. The van der Waals surface area contributed by atoms with Gasteiger partial charge in [-0.15, -0.1) is 0 Å². The standard InChI is InChI=1S/C13H18F3N3O4/c14-13(15,16)12(22)23-9(11(21)19-4-1-5-19)8(17)6-7-2-3-18-10(7)20/h7-9H,1-6,17H2,(H,18,20)/t7-,8-,9?/m0/s1. The van der Waals surface area contributed by atoms with Crippen molar-refractivity contribution in [3.63, 3.8) is 0 Å². The Morgan fingerprint density at radius 2 is 2.04 bits per heavy atom. The van der Waals surface area contributed by atoms with Crippen LogP contribution in [0.3, 0.4) is 0 Å². The number of carbonyl (C=O) groups is 3. The first-order valence-electron chi connectivity index (χ1n) is 7.30. The molecule has 2 aliphatic heterocycles. The van der Waals surface area contributed by atoms with E-state index < -0.39 is 36.1 Å². The molecule has 2 amide bonds. The Hall–Kier alpha value is -1.84. The molecule has 0 bridgehead atoms. The van der Waals surface area contributed by atoms with Gasteiger partial charge in [0.2, 0.25) is 5.91 Å². The lowest BCUT2D eigenvalue weighted by Crippen LogP contribution is -2.55. The van der Waals surface area contributed by atoms with Gasteiger partial charge in [0.05, 0.1) is 6.04 Å². The van der Waals surface area contributed by atoms with E-state index >= 15 is 0 Å². The average molecular weight is 337 g/mol. The molecule has 2 heterocycles. The van der Waals surface area contributed by atoms with Crippen molar-refractivity contribution < 1.29 is 32.3 Å². The summed E-state index contributed by atoms with van der Waals surface area (Å²) in [6, 6.07) is -1.18. The summed E-state index contributed by atoms with van der Waals surface area (Å²) in [7, 11) is 0. The number of esters is 1. The van der Waals surface area contributed by atoms with Crippen LogP contribution in [0.15, 0.2) is 0 Å². The molecule has 3 atom stereocenters. The van der Waals surface area contributed by atoms with Crippen LogP contribution >= 0.6 is 0 Å². The van der Waals surface area contributed by atoms with Gasteiger partial charge in [-0.25, -0.2) is 4.79 Å². The molecule has 0 aromatic rings. The fourth-order valence-electron chi connectivity index (χ4n) is 2.54. The van der Waals surface area contributed by atoms with Crippen molar-refractivity contribution in [3.8, 4) is 0 Å². The SMILES string of the molecule is N[C@@H](C[C@@H]1CCNC1=O)C(OC(=O)C(F)(F)F)C(=O)N1CCC1. The summed E-state index contributed by atoms with van der Waals surface area (Å²) in [5, 5.41) is 2.58. The maximum Gasteiger partial charge on any atom is 0.490 e. The van der Waals surface area contributed by atoms with Gasteiger partial charge < -0.3 is 20.7 Å². The largest absolute Gasteiger partial charge is 0.490 e. The number of hydrogen-bond acceptors (Lipinski definition) is 5. The van der Waals surface area contributed by atoms with Crippen molar-refractivity contribution >= 4 is 17.8 Å². The molecule has 0 radical (unpaired) electrons. The van der Waals surface area contributed by atoms with E-state index in [1.165, 1.54) is 4.90 Å². The number of carbonyl (C=O) groups excluding carboxylic acids is 3. The van der Waals surface area contributed by atoms with Gasteiger partial charge in [0, 0.05) is 25.6 Å². The van der Waals surface area contributed by atoms with Gasteiger partial charge in [0.1, 0.15) is 0 Å². The van der Waals surface area contributed by atoms with Crippen LogP contribution in [0.1, 0.15) is 19.3 Å². The minimum atomic E-state index is -5.21. The second kappa shape index (κ2) is 6.73. The number of nitrogens with zero attached hydrogens (tertiary/aromatic N) is 1. The molecular weight excluding hydrogens is 319 g/mol. The van der Waals surface area contributed by atoms with Crippen molar-refractivity contribution in [3.05, 3.63) is 0 Å². The average Bonchev–Trinajstić information content (AvgIpc) is 2.77. The minimum Gasteiger partial charge on any atom is -0.444 e. The quantitative estimate of drug-likeness (QED) is 0.662. The highest BCUT2D eigenvalue weighted by Gasteiger charge is 2.46. The Morgan fingerprint density at radius 1 is 1.39 bits per heavy atom. The molecule has 10 heteroatoms. The number of ether oxygens (including phenoxy) is 1. The summed E-state index contributed by atoms with van der Waals surface area (Å²) >= 11 is 0. The fraction of sp³-hybridized carbons (Fsp3) is 0.769. The van der Waals surface area contributed by atoms with E-state index in [4.69, 9.17) is 5.73 Å². The first-order valence-corrected chi connectivity index (χ1v) is 7.30. The maximum absolute atomic E-state index is 12.4. The van der Waals surface area contributed by atoms with E-state index in [9.17, 15) is 27.6 Å². The van der Waals surface area contributed by atoms with E-state index in [-0.39, 0.29) is 12.3 Å². The van der Waals surface area contributed by atoms with Crippen molar-refractivity contribution in [1.29, 1.82) is 0 Å². The third kappa shape index (κ3) is 4.12. The third-order valence-corrected chi connectivity index (χ3v) is 3.98. The lowest BCUT2D eigenvalue weighted by atomic mass is 9.94. The highest BCUT2D eigenvalue weighted by Crippen LogP contribution is 2.23. The third-order valence-electron chi connectivity index (χ3n) is 3.98. The van der Waals surface area contributed by atoms with Gasteiger partial charge in [-0.05, 0) is 19.3 Å². The highest BCUT2D eigenvalue weighted by molar-refractivity contribution is 5.86. The molecule has 7 nitrogen and oxygen atoms in total. The summed E-state index contributed by atoms with van der Waals surface area (Å²) in [4.78, 5) is 36.1. The summed E-state index contributed by atoms with van der Waals surface area (Å²) in [6.07, 6.45) is -5.77. The van der Waals surface area contributed by atoms with E-state index in [1.54, 1.807) is 0 Å². The Balaban J connectivity index is 2.06. The van der Waals surface area contributed by atoms with Gasteiger partial charge in [-0.2, -0.15) is 13.2 Å². The van der Waals surface area contributed by atoms with Crippen LogP contribution in [0.2, 0.25) is 0 Å². The summed E-state index contributed by atoms with van der Waals surface area (Å²) in [6.45, 7) is 1.22. The smallest absolute Gasteiger partial charge is 0.444 e. The van der Waals surface area contributed by atoms with Crippen LogP contribution in [0.25, 0.3) is 0 Å². The summed E-state index contributed by atoms with van der Waals surface area (Å²) in [5.41, 5.74) is 5.80. The summed E-state index contributed by atoms with van der Waals surface area (Å²) in [5.74, 6) is -3.97. The van der Waals surface area contributed by atoms with Gasteiger partial charge >= 0.3 is 12.1 Å². The Bertz CT molecular complexity index is 493. The van der Waals surface area contributed by atoms with Crippen molar-refractivity contribution in [2.75, 3.05) is 19.6 Å². The lowest BCUT2D eigenvalue weighted by molar-refractivity contribution is -0.207. The normalized spacial score (nSPS) is 23.7. The molecule has 0 saturated carbocycles. The Kier molecular flexibility index (Phi) is 5.12.